The summed E-state index contributed by atoms with van der Waals surface area (Å²) >= 11 is 12.4. The summed E-state index contributed by atoms with van der Waals surface area (Å²) in [5, 5.41) is 8.65. The largest absolute Gasteiger partial charge is 0.492 e. The van der Waals surface area contributed by atoms with Gasteiger partial charge in [0.2, 0.25) is 0 Å². The van der Waals surface area contributed by atoms with Crippen molar-refractivity contribution in [2.45, 2.75) is 45.2 Å². The molecule has 0 spiro atoms. The highest BCUT2D eigenvalue weighted by atomic mass is 35.5. The van der Waals surface area contributed by atoms with Gasteiger partial charge in [-0.2, -0.15) is 0 Å². The number of carbonyl (C=O) groups excluding carboxylic acids is 1. The van der Waals surface area contributed by atoms with Crippen molar-refractivity contribution in [1.82, 2.24) is 20.5 Å². The lowest BCUT2D eigenvalue weighted by molar-refractivity contribution is 0.0960. The van der Waals surface area contributed by atoms with Crippen LogP contribution >= 0.6 is 23.2 Å². The molecule has 0 atom stereocenters. The van der Waals surface area contributed by atoms with Gasteiger partial charge in [-0.15, -0.1) is 0 Å². The number of aromatic amines is 1. The molecule has 1 amide bonds. The average Bonchev–Trinajstić information content (AvgIpc) is 3.13. The number of fused-ring (bicyclic) bond motifs is 1. The first-order valence-corrected chi connectivity index (χ1v) is 12.8. The number of nitrogens with zero attached hydrogens (tertiary/aromatic N) is 1. The Morgan fingerprint density at radius 3 is 2.50 bits per heavy atom. The third-order valence-electron chi connectivity index (χ3n) is 6.09. The first-order chi connectivity index (χ1) is 16.8. The molecule has 6 nitrogen and oxygen atoms in total. The number of hydrogen-bond acceptors (Lipinski definition) is 4. The molecule has 0 saturated heterocycles. The van der Waals surface area contributed by atoms with Gasteiger partial charge in [-0.05, 0) is 84.3 Å². The maximum Gasteiger partial charge on any atom is 0.255 e. The number of benzene rings is 2. The zero-order chi connectivity index (χ0) is 26.3. The number of hydrogen-bond donors (Lipinski definition) is 3. The standard InChI is InChI=1S/C28H34Cl2N4O2/c1-27(2)15-19(16-28(3,4)33-27)31-26(35)17-7-8-20(25(13-17)36-10-9-34(5)6)24-12-18-11-21(29)22(30)14-23(18)32-24/h7-8,11-15,32-33H,9-10,16H2,1-6H3,(H,31,35). The molecular weight excluding hydrogens is 495 g/mol. The number of nitrogens with one attached hydrogen (secondary N) is 3. The van der Waals surface area contributed by atoms with Crippen molar-refractivity contribution in [3.63, 3.8) is 0 Å². The van der Waals surface area contributed by atoms with Crippen molar-refractivity contribution < 1.29 is 9.53 Å². The summed E-state index contributed by atoms with van der Waals surface area (Å²) in [6, 6.07) is 11.2. The minimum atomic E-state index is -0.212. The molecule has 0 unspecified atom stereocenters. The number of likely N-dealkylation sites (N-methyl/N-ethyl adjacent to an activating group) is 1. The molecule has 1 aliphatic rings. The molecule has 1 aliphatic heterocycles. The molecule has 8 heteroatoms. The van der Waals surface area contributed by atoms with Crippen LogP contribution in [0.1, 0.15) is 44.5 Å². The minimum Gasteiger partial charge on any atom is -0.492 e. The van der Waals surface area contributed by atoms with Gasteiger partial charge in [-0.25, -0.2) is 0 Å². The molecule has 3 aromatic rings. The van der Waals surface area contributed by atoms with E-state index in [0.717, 1.165) is 40.8 Å². The Kier molecular flexibility index (Phi) is 7.45. The third-order valence-corrected chi connectivity index (χ3v) is 6.82. The van der Waals surface area contributed by atoms with E-state index in [9.17, 15) is 4.79 Å². The molecule has 0 bridgehead atoms. The summed E-state index contributed by atoms with van der Waals surface area (Å²) in [4.78, 5) is 18.7. The van der Waals surface area contributed by atoms with Gasteiger partial charge in [0.05, 0.1) is 15.7 Å². The van der Waals surface area contributed by atoms with Crippen molar-refractivity contribution in [3.05, 3.63) is 63.8 Å². The van der Waals surface area contributed by atoms with Crippen LogP contribution in [0.5, 0.6) is 5.75 Å². The lowest BCUT2D eigenvalue weighted by Crippen LogP contribution is -2.55. The van der Waals surface area contributed by atoms with E-state index in [1.807, 2.05) is 50.5 Å². The number of H-pyrrole nitrogens is 1. The van der Waals surface area contributed by atoms with Crippen LogP contribution in [0.25, 0.3) is 22.2 Å². The van der Waals surface area contributed by atoms with Gasteiger partial charge in [-0.1, -0.05) is 23.2 Å². The van der Waals surface area contributed by atoms with Gasteiger partial charge in [-0.3, -0.25) is 4.79 Å². The van der Waals surface area contributed by atoms with E-state index in [1.165, 1.54) is 0 Å². The summed E-state index contributed by atoms with van der Waals surface area (Å²) in [5.74, 6) is 0.474. The number of rotatable bonds is 7. The Bertz CT molecular complexity index is 1290. The zero-order valence-electron chi connectivity index (χ0n) is 21.7. The molecule has 3 N–H and O–H groups in total. The first kappa shape index (κ1) is 26.6. The molecular formula is C28H34Cl2N4O2. The van der Waals surface area contributed by atoms with Crippen LogP contribution in [-0.4, -0.2) is 54.1 Å². The summed E-state index contributed by atoms with van der Waals surface area (Å²) in [6.45, 7) is 9.72. The number of ether oxygens (including phenoxy) is 1. The Morgan fingerprint density at radius 2 is 1.81 bits per heavy atom. The van der Waals surface area contributed by atoms with Crippen LogP contribution < -0.4 is 15.4 Å². The number of carbonyl (C=O) groups is 1. The van der Waals surface area contributed by atoms with Crippen molar-refractivity contribution in [2.75, 3.05) is 27.2 Å². The minimum absolute atomic E-state index is 0.118. The fourth-order valence-corrected chi connectivity index (χ4v) is 5.16. The van der Waals surface area contributed by atoms with Gasteiger partial charge in [0.25, 0.3) is 5.91 Å². The van der Waals surface area contributed by atoms with E-state index in [2.05, 4.69) is 54.3 Å². The highest BCUT2D eigenvalue weighted by Gasteiger charge is 2.32. The maximum absolute atomic E-state index is 13.3. The number of aromatic nitrogens is 1. The van der Waals surface area contributed by atoms with Gasteiger partial charge in [0.15, 0.2) is 0 Å². The lowest BCUT2D eigenvalue weighted by Gasteiger charge is -2.41. The van der Waals surface area contributed by atoms with E-state index in [0.29, 0.717) is 28.0 Å². The zero-order valence-corrected chi connectivity index (χ0v) is 23.2. The van der Waals surface area contributed by atoms with E-state index in [4.69, 9.17) is 27.9 Å². The first-order valence-electron chi connectivity index (χ1n) is 12.0. The summed E-state index contributed by atoms with van der Waals surface area (Å²) in [5.41, 5.74) is 3.72. The maximum atomic E-state index is 13.3. The summed E-state index contributed by atoms with van der Waals surface area (Å²) in [6.07, 6.45) is 2.81. The molecule has 36 heavy (non-hydrogen) atoms. The second-order valence-corrected chi connectivity index (χ2v) is 11.7. The third kappa shape index (κ3) is 6.24. The molecule has 1 aromatic heterocycles. The van der Waals surface area contributed by atoms with E-state index in [-0.39, 0.29) is 17.0 Å². The van der Waals surface area contributed by atoms with Crippen molar-refractivity contribution in [1.29, 1.82) is 0 Å². The van der Waals surface area contributed by atoms with Crippen molar-refractivity contribution >= 4 is 40.0 Å². The summed E-state index contributed by atoms with van der Waals surface area (Å²) < 4.78 is 6.17. The lowest BCUT2D eigenvalue weighted by atomic mass is 9.86. The molecule has 4 rings (SSSR count). The van der Waals surface area contributed by atoms with E-state index >= 15 is 0 Å². The highest BCUT2D eigenvalue weighted by Crippen LogP contribution is 2.35. The quantitative estimate of drug-likeness (QED) is 0.339. The Morgan fingerprint density at radius 1 is 1.08 bits per heavy atom. The molecule has 0 aliphatic carbocycles. The molecule has 0 radical (unpaired) electrons. The van der Waals surface area contributed by atoms with Crippen molar-refractivity contribution in [2.24, 2.45) is 0 Å². The van der Waals surface area contributed by atoms with Crippen molar-refractivity contribution in [3.8, 4) is 17.0 Å². The Hall–Kier alpha value is -2.51. The average molecular weight is 530 g/mol. The van der Waals surface area contributed by atoms with Crippen LogP contribution in [0.3, 0.4) is 0 Å². The van der Waals surface area contributed by atoms with Crippen LogP contribution in [0.2, 0.25) is 10.0 Å². The monoisotopic (exact) mass is 528 g/mol. The van der Waals surface area contributed by atoms with Crippen LogP contribution in [0.4, 0.5) is 0 Å². The molecule has 192 valence electrons. The van der Waals surface area contributed by atoms with Gasteiger partial charge < -0.3 is 25.3 Å². The SMILES string of the molecule is CN(C)CCOc1cc(C(=O)NC2=CC(C)(C)NC(C)(C)C2)ccc1-c1cc2cc(Cl)c(Cl)cc2[nH]1. The fourth-order valence-electron chi connectivity index (χ4n) is 4.83. The second kappa shape index (κ2) is 10.1. The van der Waals surface area contributed by atoms with Gasteiger partial charge >= 0.3 is 0 Å². The Balaban J connectivity index is 1.66. The highest BCUT2D eigenvalue weighted by molar-refractivity contribution is 6.42. The normalized spacial score (nSPS) is 16.8. The van der Waals surface area contributed by atoms with Crippen LogP contribution in [-0.2, 0) is 0 Å². The predicted molar refractivity (Wildman–Crippen MR) is 149 cm³/mol. The fraction of sp³-hybridized carbons (Fsp3) is 0.393. The molecule has 0 saturated carbocycles. The molecule has 0 fully saturated rings. The molecule has 2 aromatic carbocycles. The topological polar surface area (TPSA) is 69.4 Å². The van der Waals surface area contributed by atoms with E-state index in [1.54, 1.807) is 0 Å². The van der Waals surface area contributed by atoms with Crippen LogP contribution in [0.15, 0.2) is 48.2 Å². The summed E-state index contributed by atoms with van der Waals surface area (Å²) in [7, 11) is 3.99. The van der Waals surface area contributed by atoms with E-state index < -0.39 is 0 Å². The van der Waals surface area contributed by atoms with Gasteiger partial charge in [0, 0.05) is 51.8 Å². The Labute approximate surface area is 223 Å². The molecule has 2 heterocycles. The predicted octanol–water partition coefficient (Wildman–Crippen LogP) is 6.25. The second-order valence-electron chi connectivity index (χ2n) is 10.9. The van der Waals surface area contributed by atoms with Crippen LogP contribution in [0, 0.1) is 0 Å². The smallest absolute Gasteiger partial charge is 0.255 e. The van der Waals surface area contributed by atoms with Gasteiger partial charge in [0.1, 0.15) is 12.4 Å². The number of amides is 1. The number of halogens is 2.